The highest BCUT2D eigenvalue weighted by Gasteiger charge is 2.56. The molecule has 0 spiro atoms. The van der Waals surface area contributed by atoms with Crippen molar-refractivity contribution in [2.75, 3.05) is 26.7 Å². The number of aromatic amines is 1. The van der Waals surface area contributed by atoms with Gasteiger partial charge in [0.2, 0.25) is 5.91 Å². The van der Waals surface area contributed by atoms with Crippen LogP contribution in [0.1, 0.15) is 35.2 Å². The number of nitrogens with one attached hydrogen (secondary N) is 1. The van der Waals surface area contributed by atoms with E-state index in [4.69, 9.17) is 4.74 Å². The minimum Gasteiger partial charge on any atom is -0.496 e. The summed E-state index contributed by atoms with van der Waals surface area (Å²) >= 11 is 0. The smallest absolute Gasteiger partial charge is 0.254 e. The van der Waals surface area contributed by atoms with Gasteiger partial charge >= 0.3 is 0 Å². The van der Waals surface area contributed by atoms with E-state index in [2.05, 4.69) is 11.1 Å². The second-order valence-electron chi connectivity index (χ2n) is 9.93. The largest absolute Gasteiger partial charge is 0.496 e. The molecular weight excluding hydrogens is 469 g/mol. The first kappa shape index (κ1) is 23.3. The quantitative estimate of drug-likeness (QED) is 0.439. The fraction of sp³-hybridized carbons (Fsp3) is 0.267. The predicted molar refractivity (Wildman–Crippen MR) is 139 cm³/mol. The van der Waals surface area contributed by atoms with Crippen molar-refractivity contribution in [1.29, 1.82) is 0 Å². The van der Waals surface area contributed by atoms with Gasteiger partial charge in [-0.3, -0.25) is 9.59 Å². The highest BCUT2D eigenvalue weighted by molar-refractivity contribution is 6.01. The van der Waals surface area contributed by atoms with Gasteiger partial charge in [0.15, 0.2) is 5.54 Å². The van der Waals surface area contributed by atoms with E-state index in [9.17, 15) is 14.0 Å². The number of ether oxygens (including phenoxy) is 1. The van der Waals surface area contributed by atoms with E-state index in [1.807, 2.05) is 49.4 Å². The number of carbonyl (C=O) groups excluding carboxylic acids is 2. The van der Waals surface area contributed by atoms with Crippen LogP contribution in [-0.4, -0.2) is 53.3 Å². The number of methoxy groups -OCH3 is 1. The summed E-state index contributed by atoms with van der Waals surface area (Å²) in [4.78, 5) is 34.7. The Bertz CT molecular complexity index is 1510. The zero-order chi connectivity index (χ0) is 25.7. The van der Waals surface area contributed by atoms with Crippen molar-refractivity contribution >= 4 is 22.7 Å². The first-order chi connectivity index (χ1) is 17.9. The van der Waals surface area contributed by atoms with Gasteiger partial charge in [-0.1, -0.05) is 48.5 Å². The molecular formula is C30H28FN3O3. The number of nitrogens with zero attached hydrogens (tertiary/aromatic N) is 2. The summed E-state index contributed by atoms with van der Waals surface area (Å²) in [7, 11) is 1.65. The molecule has 0 radical (unpaired) electrons. The average Bonchev–Trinajstić information content (AvgIpc) is 3.32. The minimum atomic E-state index is -1.16. The fourth-order valence-electron chi connectivity index (χ4n) is 6.01. The summed E-state index contributed by atoms with van der Waals surface area (Å²) in [5, 5.41) is 1.04. The molecule has 0 saturated carbocycles. The molecule has 0 aliphatic carbocycles. The van der Waals surface area contributed by atoms with E-state index >= 15 is 0 Å². The fourth-order valence-corrected chi connectivity index (χ4v) is 6.01. The van der Waals surface area contributed by atoms with Gasteiger partial charge in [-0.15, -0.1) is 0 Å². The third-order valence-corrected chi connectivity index (χ3v) is 7.92. The zero-order valence-electron chi connectivity index (χ0n) is 20.8. The Balaban J connectivity index is 1.45. The maximum absolute atomic E-state index is 14.1. The summed E-state index contributed by atoms with van der Waals surface area (Å²) in [6.45, 7) is 2.63. The zero-order valence-corrected chi connectivity index (χ0v) is 20.8. The lowest BCUT2D eigenvalue weighted by Gasteiger charge is -2.51. The summed E-state index contributed by atoms with van der Waals surface area (Å²) in [6, 6.07) is 22.1. The van der Waals surface area contributed by atoms with Crippen LogP contribution in [0.15, 0.2) is 72.8 Å². The molecule has 1 fully saturated rings. The van der Waals surface area contributed by atoms with Crippen LogP contribution >= 0.6 is 0 Å². The Morgan fingerprint density at radius 1 is 1.03 bits per heavy atom. The number of para-hydroxylation sites is 2. The number of piperazine rings is 1. The van der Waals surface area contributed by atoms with Gasteiger partial charge in [0.05, 0.1) is 19.3 Å². The van der Waals surface area contributed by atoms with E-state index in [1.165, 1.54) is 12.1 Å². The maximum atomic E-state index is 14.1. The molecule has 1 saturated heterocycles. The molecule has 2 aliphatic heterocycles. The Labute approximate surface area is 214 Å². The van der Waals surface area contributed by atoms with Gasteiger partial charge in [-0.25, -0.2) is 4.39 Å². The lowest BCUT2D eigenvalue weighted by atomic mass is 9.76. The maximum Gasteiger partial charge on any atom is 0.254 e. The van der Waals surface area contributed by atoms with Crippen molar-refractivity contribution in [2.45, 2.75) is 24.8 Å². The van der Waals surface area contributed by atoms with Gasteiger partial charge in [-0.05, 0) is 48.7 Å². The first-order valence-electron chi connectivity index (χ1n) is 12.5. The van der Waals surface area contributed by atoms with E-state index in [0.29, 0.717) is 19.5 Å². The van der Waals surface area contributed by atoms with Gasteiger partial charge in [0.1, 0.15) is 11.6 Å². The minimum absolute atomic E-state index is 0.0177. The number of hydrogen-bond acceptors (Lipinski definition) is 3. The van der Waals surface area contributed by atoms with Crippen molar-refractivity contribution in [1.82, 2.24) is 14.8 Å². The van der Waals surface area contributed by atoms with Crippen molar-refractivity contribution < 1.29 is 18.7 Å². The molecule has 3 aromatic carbocycles. The number of fused-ring (bicyclic) bond motifs is 5. The van der Waals surface area contributed by atoms with E-state index < -0.39 is 5.54 Å². The molecule has 37 heavy (non-hydrogen) atoms. The number of amides is 2. The Hall–Kier alpha value is -4.13. The SMILES string of the molecule is COc1ccccc1[C@H]1CN2C(=O)CN(CCc3ccc(F)cc3)C(=O)[C@]2(C)c2[nH]c3ccccc3c21. The molecule has 4 aromatic rings. The van der Waals surface area contributed by atoms with E-state index in [0.717, 1.165) is 39.0 Å². The molecule has 2 aliphatic rings. The number of H-pyrrole nitrogens is 1. The Kier molecular flexibility index (Phi) is 5.51. The molecule has 2 amide bonds. The molecule has 1 N–H and O–H groups in total. The van der Waals surface area contributed by atoms with Gasteiger partial charge in [0.25, 0.3) is 5.91 Å². The number of hydrogen-bond donors (Lipinski definition) is 1. The second-order valence-corrected chi connectivity index (χ2v) is 9.93. The molecule has 2 atom stereocenters. The molecule has 3 heterocycles. The molecule has 0 unspecified atom stereocenters. The molecule has 6 nitrogen and oxygen atoms in total. The van der Waals surface area contributed by atoms with Crippen molar-refractivity contribution in [3.63, 3.8) is 0 Å². The monoisotopic (exact) mass is 497 g/mol. The third kappa shape index (κ3) is 3.60. The van der Waals surface area contributed by atoms with Crippen molar-refractivity contribution in [3.05, 3.63) is 101 Å². The number of rotatable bonds is 5. The predicted octanol–water partition coefficient (Wildman–Crippen LogP) is 4.59. The van der Waals surface area contributed by atoms with Crippen LogP contribution in [0, 0.1) is 5.82 Å². The van der Waals surface area contributed by atoms with Crippen LogP contribution in [0.3, 0.4) is 0 Å². The van der Waals surface area contributed by atoms with Gasteiger partial charge < -0.3 is 19.5 Å². The topological polar surface area (TPSA) is 65.6 Å². The lowest BCUT2D eigenvalue weighted by Crippen LogP contribution is -2.67. The number of aromatic nitrogens is 1. The first-order valence-corrected chi connectivity index (χ1v) is 12.5. The number of halogens is 1. The average molecular weight is 498 g/mol. The lowest BCUT2D eigenvalue weighted by molar-refractivity contribution is -0.166. The Morgan fingerprint density at radius 3 is 2.54 bits per heavy atom. The highest BCUT2D eigenvalue weighted by Crippen LogP contribution is 2.49. The van der Waals surface area contributed by atoms with Crippen LogP contribution < -0.4 is 4.74 Å². The van der Waals surface area contributed by atoms with Crippen LogP contribution in [0.2, 0.25) is 0 Å². The number of carbonyl (C=O) groups is 2. The van der Waals surface area contributed by atoms with Crippen molar-refractivity contribution in [2.24, 2.45) is 0 Å². The standard InChI is InChI=1S/C30H28FN3O3/c1-30-28-27(22-8-3-5-9-24(22)32-28)23(21-7-4-6-10-25(21)37-2)17-34(30)26(35)18-33(29(30)36)16-15-19-11-13-20(31)14-12-19/h3-14,23,32H,15-18H2,1-2H3/t23-,30+/m1/s1. The molecule has 1 aromatic heterocycles. The molecule has 6 rings (SSSR count). The molecule has 0 bridgehead atoms. The third-order valence-electron chi connectivity index (χ3n) is 7.92. The van der Waals surface area contributed by atoms with Crippen molar-refractivity contribution in [3.8, 4) is 5.75 Å². The number of benzene rings is 3. The van der Waals surface area contributed by atoms with Crippen LogP contribution in [0.25, 0.3) is 10.9 Å². The van der Waals surface area contributed by atoms with Gasteiger partial charge in [0, 0.05) is 35.5 Å². The summed E-state index contributed by atoms with van der Waals surface area (Å²) in [6.07, 6.45) is 0.540. The second kappa shape index (κ2) is 8.76. The summed E-state index contributed by atoms with van der Waals surface area (Å²) < 4.78 is 19.0. The Morgan fingerprint density at radius 2 is 1.76 bits per heavy atom. The van der Waals surface area contributed by atoms with Crippen LogP contribution in [-0.2, 0) is 21.5 Å². The molecule has 7 heteroatoms. The summed E-state index contributed by atoms with van der Waals surface area (Å²) in [5.74, 6) is 0.0992. The van der Waals surface area contributed by atoms with Crippen LogP contribution in [0.4, 0.5) is 4.39 Å². The summed E-state index contributed by atoms with van der Waals surface area (Å²) in [5.41, 5.74) is 3.45. The normalized spacial score (nSPS) is 21.2. The molecule has 188 valence electrons. The van der Waals surface area contributed by atoms with Crippen LogP contribution in [0.5, 0.6) is 5.75 Å². The van der Waals surface area contributed by atoms with E-state index in [-0.39, 0.29) is 30.1 Å². The van der Waals surface area contributed by atoms with E-state index in [1.54, 1.807) is 29.0 Å². The van der Waals surface area contributed by atoms with Gasteiger partial charge in [-0.2, -0.15) is 0 Å². The highest BCUT2D eigenvalue weighted by atomic mass is 19.1.